The van der Waals surface area contributed by atoms with Gasteiger partial charge in [-0.25, -0.2) is 0 Å². The van der Waals surface area contributed by atoms with Gasteiger partial charge >= 0.3 is 5.97 Å². The van der Waals surface area contributed by atoms with E-state index in [-0.39, 0.29) is 31.7 Å². The summed E-state index contributed by atoms with van der Waals surface area (Å²) < 4.78 is 4.49. The van der Waals surface area contributed by atoms with E-state index in [0.717, 1.165) is 0 Å². The zero-order chi connectivity index (χ0) is 7.28. The van der Waals surface area contributed by atoms with Gasteiger partial charge in [-0.1, -0.05) is 0 Å². The first-order valence-corrected chi connectivity index (χ1v) is 2.82. The van der Waals surface area contributed by atoms with Crippen molar-refractivity contribution in [3.63, 3.8) is 0 Å². The number of ether oxygens (including phenoxy) is 1. The van der Waals surface area contributed by atoms with Gasteiger partial charge in [0.2, 0.25) is 0 Å². The van der Waals surface area contributed by atoms with Gasteiger partial charge in [-0.3, -0.25) is 9.59 Å². The average Bonchev–Trinajstić information content (AvgIpc) is 1.63. The molecule has 0 aliphatic rings. The van der Waals surface area contributed by atoms with Crippen LogP contribution in [0.1, 0.15) is 20.3 Å². The predicted octanol–water partition coefficient (Wildman–Crippen LogP) is 0.526. The van der Waals surface area contributed by atoms with Crippen molar-refractivity contribution in [2.75, 3.05) is 6.61 Å². The van der Waals surface area contributed by atoms with E-state index in [4.69, 9.17) is 0 Å². The molecule has 0 fully saturated rings. The van der Waals surface area contributed by atoms with Gasteiger partial charge in [0.15, 0.2) is 0 Å². The summed E-state index contributed by atoms with van der Waals surface area (Å²) in [6.07, 6.45) is -0.103. The van der Waals surface area contributed by atoms with Crippen molar-refractivity contribution in [2.24, 2.45) is 0 Å². The fourth-order valence-corrected chi connectivity index (χ4v) is 0.415. The van der Waals surface area contributed by atoms with E-state index in [0.29, 0.717) is 6.61 Å². The molecule has 61 valence electrons. The summed E-state index contributed by atoms with van der Waals surface area (Å²) in [4.78, 5) is 20.6. The minimum Gasteiger partial charge on any atom is -0.466 e. The summed E-state index contributed by atoms with van der Waals surface area (Å²) in [7, 11) is 0. The first kappa shape index (κ1) is 12.4. The van der Waals surface area contributed by atoms with Crippen molar-refractivity contribution in [3.05, 3.63) is 0 Å². The van der Waals surface area contributed by atoms with E-state index in [1.165, 1.54) is 6.92 Å². The molecule has 0 spiro atoms. The van der Waals surface area contributed by atoms with Gasteiger partial charge in [-0.15, -0.1) is 0 Å². The van der Waals surface area contributed by atoms with Crippen molar-refractivity contribution in [1.82, 2.24) is 0 Å². The third kappa shape index (κ3) is 7.76. The largest absolute Gasteiger partial charge is 0.466 e. The smallest absolute Gasteiger partial charge is 0.313 e. The van der Waals surface area contributed by atoms with Crippen LogP contribution in [0.5, 0.6) is 0 Å². The number of carbonyl (C=O) groups is 2. The first-order valence-electron chi connectivity index (χ1n) is 2.82. The molecule has 0 aliphatic heterocycles. The van der Waals surface area contributed by atoms with Crippen LogP contribution < -0.4 is 0 Å². The number of hydrogen-bond acceptors (Lipinski definition) is 3. The molecule has 0 aromatic rings. The molecule has 0 saturated heterocycles. The zero-order valence-electron chi connectivity index (χ0n) is 5.97. The summed E-state index contributed by atoms with van der Waals surface area (Å²) in [5.74, 6) is -0.599. The van der Waals surface area contributed by atoms with Crippen LogP contribution >= 0.6 is 0 Å². The number of carbonyl (C=O) groups excluding carboxylic acids is 2. The van der Waals surface area contributed by atoms with E-state index >= 15 is 0 Å². The molecule has 0 N–H and O–H groups in total. The third-order valence-corrected chi connectivity index (χ3v) is 0.699. The first-order chi connectivity index (χ1) is 4.16. The summed E-state index contributed by atoms with van der Waals surface area (Å²) in [6, 6.07) is 0. The monoisotopic (exact) mass is 233 g/mol. The van der Waals surface area contributed by atoms with Crippen LogP contribution in [0, 0.1) is 0 Å². The van der Waals surface area contributed by atoms with Crippen molar-refractivity contribution in [2.45, 2.75) is 20.3 Å². The van der Waals surface area contributed by atoms with Gasteiger partial charge in [-0.05, 0) is 13.8 Å². The van der Waals surface area contributed by atoms with Gasteiger partial charge in [0.05, 0.1) is 6.61 Å². The molecule has 0 rings (SSSR count). The number of hydrogen-bond donors (Lipinski definition) is 0. The number of Topliss-reactive ketones (excluding diaryl/α,β-unsaturated/α-hetero) is 1. The molecule has 0 aromatic carbocycles. The minimum absolute atomic E-state index is 0. The van der Waals surface area contributed by atoms with Crippen molar-refractivity contribution in [1.29, 1.82) is 0 Å². The standard InChI is InChI=1S/C6H10O3.Rh/c1-3-9-6(8)4-5(2)7;/h3-4H2,1-2H3;. The Bertz CT molecular complexity index is 122. The number of ketones is 1. The summed E-state index contributed by atoms with van der Waals surface area (Å²) in [5.41, 5.74) is 0. The number of rotatable bonds is 3. The zero-order valence-corrected chi connectivity index (χ0v) is 7.61. The third-order valence-electron chi connectivity index (χ3n) is 0.699. The van der Waals surface area contributed by atoms with Gasteiger partial charge in [-0.2, -0.15) is 0 Å². The quantitative estimate of drug-likeness (QED) is 0.405. The molecule has 0 heterocycles. The van der Waals surface area contributed by atoms with Crippen LogP contribution in [-0.2, 0) is 33.8 Å². The normalized spacial score (nSPS) is 7.80. The van der Waals surface area contributed by atoms with E-state index in [1.807, 2.05) is 0 Å². The summed E-state index contributed by atoms with van der Waals surface area (Å²) in [6.45, 7) is 3.40. The molecule has 3 nitrogen and oxygen atoms in total. The maximum Gasteiger partial charge on any atom is 0.313 e. The maximum absolute atomic E-state index is 10.4. The molecule has 0 aromatic heterocycles. The molecular formula is C6H10O3Rh. The summed E-state index contributed by atoms with van der Waals surface area (Å²) >= 11 is 0. The van der Waals surface area contributed by atoms with E-state index in [9.17, 15) is 9.59 Å². The van der Waals surface area contributed by atoms with Crippen molar-refractivity contribution in [3.8, 4) is 0 Å². The summed E-state index contributed by atoms with van der Waals surface area (Å²) in [5, 5.41) is 0. The van der Waals surface area contributed by atoms with E-state index in [1.54, 1.807) is 6.92 Å². The molecule has 0 saturated carbocycles. The molecule has 0 aliphatic carbocycles. The Kier molecular flexibility index (Phi) is 8.56. The predicted molar refractivity (Wildman–Crippen MR) is 31.9 cm³/mol. The second-order valence-electron chi connectivity index (χ2n) is 1.68. The second kappa shape index (κ2) is 6.88. The minimum atomic E-state index is -0.440. The Labute approximate surface area is 72.9 Å². The van der Waals surface area contributed by atoms with Crippen LogP contribution in [0.15, 0.2) is 0 Å². The van der Waals surface area contributed by atoms with Crippen molar-refractivity contribution >= 4 is 11.8 Å². The molecule has 0 bridgehead atoms. The fourth-order valence-electron chi connectivity index (χ4n) is 0.415. The fraction of sp³-hybridized carbons (Fsp3) is 0.667. The van der Waals surface area contributed by atoms with Gasteiger partial charge in [0, 0.05) is 19.5 Å². The Balaban J connectivity index is 0. The molecule has 4 heteroatoms. The van der Waals surface area contributed by atoms with Crippen LogP contribution in [0.2, 0.25) is 0 Å². The molecule has 0 atom stereocenters. The Morgan fingerprint density at radius 3 is 2.20 bits per heavy atom. The second-order valence-corrected chi connectivity index (χ2v) is 1.68. The van der Waals surface area contributed by atoms with E-state index in [2.05, 4.69) is 4.74 Å². The average molecular weight is 233 g/mol. The van der Waals surface area contributed by atoms with Gasteiger partial charge in [0.25, 0.3) is 0 Å². The van der Waals surface area contributed by atoms with Gasteiger partial charge in [0.1, 0.15) is 12.2 Å². The van der Waals surface area contributed by atoms with Crippen LogP contribution in [0.3, 0.4) is 0 Å². The Morgan fingerprint density at radius 2 is 1.90 bits per heavy atom. The molecule has 10 heavy (non-hydrogen) atoms. The van der Waals surface area contributed by atoms with Crippen molar-refractivity contribution < 1.29 is 33.8 Å². The van der Waals surface area contributed by atoms with Crippen LogP contribution in [0.4, 0.5) is 0 Å². The topological polar surface area (TPSA) is 43.4 Å². The van der Waals surface area contributed by atoms with Crippen LogP contribution in [0.25, 0.3) is 0 Å². The Morgan fingerprint density at radius 1 is 1.40 bits per heavy atom. The molecular weight excluding hydrogens is 223 g/mol. The van der Waals surface area contributed by atoms with E-state index < -0.39 is 5.97 Å². The molecule has 0 amide bonds. The van der Waals surface area contributed by atoms with Crippen LogP contribution in [-0.4, -0.2) is 18.4 Å². The Hall–Kier alpha value is -0.237. The SMILES string of the molecule is CCOC(=O)CC(C)=O.[Rh]. The molecule has 0 unspecified atom stereocenters. The number of esters is 1. The van der Waals surface area contributed by atoms with Gasteiger partial charge < -0.3 is 4.74 Å². The molecule has 1 radical (unpaired) electrons. The maximum atomic E-state index is 10.4.